The van der Waals surface area contributed by atoms with Gasteiger partial charge in [0, 0.05) is 0 Å². The first-order chi connectivity index (χ1) is 5.64. The van der Waals surface area contributed by atoms with E-state index >= 15 is 0 Å². The molecule has 0 aliphatic rings. The van der Waals surface area contributed by atoms with E-state index in [1.807, 2.05) is 20.8 Å². The van der Waals surface area contributed by atoms with Crippen LogP contribution >= 0.6 is 67.8 Å². The van der Waals surface area contributed by atoms with Crippen LogP contribution in [0.4, 0.5) is 0 Å². The molecule has 0 rings (SSSR count). The molecule has 0 saturated heterocycles. The molecule has 0 aliphatic carbocycles. The van der Waals surface area contributed by atoms with E-state index in [9.17, 15) is 0 Å². The van der Waals surface area contributed by atoms with E-state index in [4.69, 9.17) is 9.47 Å². The number of ether oxygens (including phenoxy) is 2. The van der Waals surface area contributed by atoms with Gasteiger partial charge in [0.1, 0.15) is 0 Å². The maximum atomic E-state index is 5.45. The zero-order valence-electron chi connectivity index (χ0n) is 7.90. The number of methoxy groups -OCH3 is 1. The topological polar surface area (TPSA) is 30.8 Å². The number of aliphatic imine (C=N–C) groups is 1. The van der Waals surface area contributed by atoms with E-state index in [1.54, 1.807) is 7.11 Å². The van der Waals surface area contributed by atoms with Crippen LogP contribution < -0.4 is 0 Å². The molecule has 0 N–H and O–H groups in total. The maximum Gasteiger partial charge on any atom is 0.386 e. The van der Waals surface area contributed by atoms with Crippen LogP contribution in [-0.4, -0.2) is 18.4 Å². The Balaban J connectivity index is 4.45. The molecule has 0 aliphatic heterocycles. The minimum Gasteiger partial charge on any atom is -0.454 e. The fourth-order valence-electron chi connectivity index (χ4n) is 0.483. The van der Waals surface area contributed by atoms with E-state index in [0.717, 1.165) is 0 Å². The van der Waals surface area contributed by atoms with Crippen molar-refractivity contribution in [3.63, 3.8) is 0 Å². The average molecular weight is 523 g/mol. The third-order valence-corrected chi connectivity index (χ3v) is 1.46. The number of nitrogens with zero attached hydrogens (tertiary/aromatic N) is 1. The first kappa shape index (κ1) is 14.5. The molecule has 0 heterocycles. The zero-order chi connectivity index (χ0) is 10.7. The highest BCUT2D eigenvalue weighted by Crippen LogP contribution is 2.37. The molecule has 0 fully saturated rings. The maximum absolute atomic E-state index is 5.45. The lowest BCUT2D eigenvalue weighted by atomic mass is 10.1. The smallest absolute Gasteiger partial charge is 0.386 e. The molecule has 0 saturated carbocycles. The summed E-state index contributed by atoms with van der Waals surface area (Å²) in [5.41, 5.74) is -0.180. The van der Waals surface area contributed by atoms with E-state index < -0.39 is 0 Å². The fourth-order valence-corrected chi connectivity index (χ4v) is 1.05. The lowest BCUT2D eigenvalue weighted by Gasteiger charge is -2.19. The summed E-state index contributed by atoms with van der Waals surface area (Å²) in [5.74, 6) is 0. The SMILES string of the molecule is COC(=NC(C)(C)C)OC(I)(I)I. The van der Waals surface area contributed by atoms with Crippen molar-refractivity contribution in [1.29, 1.82) is 0 Å². The molecule has 0 spiro atoms. The van der Waals surface area contributed by atoms with Crippen LogP contribution in [0.2, 0.25) is 0 Å². The van der Waals surface area contributed by atoms with Crippen LogP contribution in [-0.2, 0) is 9.47 Å². The van der Waals surface area contributed by atoms with Crippen LogP contribution in [0.1, 0.15) is 20.8 Å². The molecule has 6 heteroatoms. The van der Waals surface area contributed by atoms with Crippen LogP contribution in [0.5, 0.6) is 0 Å². The van der Waals surface area contributed by atoms with Crippen LogP contribution in [0.25, 0.3) is 0 Å². The van der Waals surface area contributed by atoms with Gasteiger partial charge in [0.15, 0.2) is 0 Å². The van der Waals surface area contributed by atoms with Crippen molar-refractivity contribution in [1.82, 2.24) is 0 Å². The Bertz CT molecular complexity index is 193. The van der Waals surface area contributed by atoms with Crippen molar-refractivity contribution in [3.8, 4) is 0 Å². The van der Waals surface area contributed by atoms with Crippen molar-refractivity contribution < 1.29 is 9.47 Å². The fraction of sp³-hybridized carbons (Fsp3) is 0.857. The van der Waals surface area contributed by atoms with E-state index in [1.165, 1.54) is 0 Å². The third kappa shape index (κ3) is 9.76. The molecule has 0 aromatic rings. The highest BCUT2D eigenvalue weighted by molar-refractivity contribution is 14.3. The quantitative estimate of drug-likeness (QED) is 0.227. The standard InChI is InChI=1S/C7H12I3NO2/c1-6(2,3)11-5(12-4)13-7(8,9)10/h1-4H3. The first-order valence-corrected chi connectivity index (χ1v) is 6.77. The van der Waals surface area contributed by atoms with Gasteiger partial charge in [-0.3, -0.25) is 0 Å². The Kier molecular flexibility index (Phi) is 6.14. The minimum atomic E-state index is -0.354. The Hall–Kier alpha value is 1.46. The normalized spacial score (nSPS) is 14.2. The van der Waals surface area contributed by atoms with Gasteiger partial charge in [-0.15, -0.1) is 0 Å². The van der Waals surface area contributed by atoms with Crippen molar-refractivity contribution in [2.45, 2.75) is 25.9 Å². The van der Waals surface area contributed by atoms with Gasteiger partial charge < -0.3 is 9.47 Å². The molecule has 0 unspecified atom stereocenters. The first-order valence-electron chi connectivity index (χ1n) is 3.53. The number of halogens is 3. The Labute approximate surface area is 120 Å². The molecule has 0 amide bonds. The van der Waals surface area contributed by atoms with Crippen LogP contribution in [0, 0.1) is 0 Å². The van der Waals surface area contributed by atoms with Gasteiger partial charge in [-0.05, 0) is 88.5 Å². The Morgan fingerprint density at radius 3 is 1.85 bits per heavy atom. The number of hydrogen-bond donors (Lipinski definition) is 0. The number of alkyl halides is 3. The third-order valence-electron chi connectivity index (χ3n) is 0.804. The van der Waals surface area contributed by atoms with Crippen LogP contribution in [0.15, 0.2) is 4.99 Å². The predicted octanol–water partition coefficient (Wildman–Crippen LogP) is 3.72. The second-order valence-corrected chi connectivity index (χ2v) is 14.1. The molecule has 0 bridgehead atoms. The van der Waals surface area contributed by atoms with Crippen molar-refractivity contribution in [2.75, 3.05) is 7.11 Å². The zero-order valence-corrected chi connectivity index (χ0v) is 14.4. The molecule has 13 heavy (non-hydrogen) atoms. The summed E-state index contributed by atoms with van der Waals surface area (Å²) in [6, 6.07) is 0. The molecule has 78 valence electrons. The molecule has 0 aromatic heterocycles. The summed E-state index contributed by atoms with van der Waals surface area (Å²) < 4.78 is 10.1. The molecular weight excluding hydrogens is 511 g/mol. The highest BCUT2D eigenvalue weighted by atomic mass is 127. The van der Waals surface area contributed by atoms with Gasteiger partial charge in [0.25, 0.3) is -0.379 Å². The second-order valence-electron chi connectivity index (χ2n) is 3.30. The second kappa shape index (κ2) is 5.52. The Morgan fingerprint density at radius 1 is 1.15 bits per heavy atom. The Morgan fingerprint density at radius 2 is 1.62 bits per heavy atom. The van der Waals surface area contributed by atoms with Gasteiger partial charge in [-0.1, -0.05) is 0 Å². The van der Waals surface area contributed by atoms with E-state index in [0.29, 0.717) is 6.08 Å². The lowest BCUT2D eigenvalue weighted by Crippen LogP contribution is -2.21. The van der Waals surface area contributed by atoms with Crippen molar-refractivity contribution in [3.05, 3.63) is 0 Å². The van der Waals surface area contributed by atoms with Gasteiger partial charge in [-0.25, -0.2) is 4.99 Å². The van der Waals surface area contributed by atoms with Crippen molar-refractivity contribution >= 4 is 73.9 Å². The summed E-state index contributed by atoms with van der Waals surface area (Å²) in [5, 5.41) is 0. The average Bonchev–Trinajstić information content (AvgIpc) is 1.79. The molecule has 0 radical (unpaired) electrons. The van der Waals surface area contributed by atoms with Crippen molar-refractivity contribution in [2.24, 2.45) is 4.99 Å². The minimum absolute atomic E-state index is 0.180. The summed E-state index contributed by atoms with van der Waals surface area (Å²) in [6.07, 6.45) is 0.325. The molecule has 3 nitrogen and oxygen atoms in total. The monoisotopic (exact) mass is 523 g/mol. The van der Waals surface area contributed by atoms with E-state index in [2.05, 4.69) is 72.8 Å². The molecule has 0 atom stereocenters. The number of hydrogen-bond acceptors (Lipinski definition) is 3. The van der Waals surface area contributed by atoms with Gasteiger partial charge >= 0.3 is 6.08 Å². The molecule has 0 aromatic carbocycles. The summed E-state index contributed by atoms with van der Waals surface area (Å²) >= 11 is 6.47. The number of rotatable bonds is 1. The summed E-state index contributed by atoms with van der Waals surface area (Å²) in [7, 11) is 1.56. The highest BCUT2D eigenvalue weighted by Gasteiger charge is 2.23. The van der Waals surface area contributed by atoms with E-state index in [-0.39, 0.29) is 5.16 Å². The molecular formula is C7H12I3NO2. The van der Waals surface area contributed by atoms with Gasteiger partial charge in [0.2, 0.25) is 0 Å². The summed E-state index contributed by atoms with van der Waals surface area (Å²) in [6.45, 7) is 5.97. The van der Waals surface area contributed by atoms with Gasteiger partial charge in [0.05, 0.1) is 12.6 Å². The van der Waals surface area contributed by atoms with Crippen LogP contribution in [0.3, 0.4) is 0 Å². The van der Waals surface area contributed by atoms with Gasteiger partial charge in [-0.2, -0.15) is 0 Å². The predicted molar refractivity (Wildman–Crippen MR) is 80.1 cm³/mol. The summed E-state index contributed by atoms with van der Waals surface area (Å²) in [4.78, 5) is 4.27. The largest absolute Gasteiger partial charge is 0.454 e. The lowest BCUT2D eigenvalue weighted by molar-refractivity contribution is 0.218.